The number of ether oxygens (including phenoxy) is 1. The second-order valence-electron chi connectivity index (χ2n) is 9.10. The first-order valence-corrected chi connectivity index (χ1v) is 11.2. The van der Waals surface area contributed by atoms with E-state index in [9.17, 15) is 0 Å². The lowest BCUT2D eigenvalue weighted by Gasteiger charge is -2.31. The minimum Gasteiger partial charge on any atom is -0.477 e. The van der Waals surface area contributed by atoms with Crippen LogP contribution in [0, 0.1) is 19.3 Å². The highest BCUT2D eigenvalue weighted by Crippen LogP contribution is 2.43. The Labute approximate surface area is 171 Å². The average Bonchev–Trinajstić information content (AvgIpc) is 3.13. The van der Waals surface area contributed by atoms with Crippen LogP contribution in [-0.4, -0.2) is 24.1 Å². The Bertz CT molecular complexity index is 821. The highest BCUT2D eigenvalue weighted by Gasteiger charge is 2.40. The summed E-state index contributed by atoms with van der Waals surface area (Å²) in [5.74, 6) is 0.710. The molecule has 4 heteroatoms. The van der Waals surface area contributed by atoms with Crippen LogP contribution in [0.5, 0.6) is 0 Å². The van der Waals surface area contributed by atoms with Crippen LogP contribution in [0.3, 0.4) is 0 Å². The summed E-state index contributed by atoms with van der Waals surface area (Å²) in [5.41, 5.74) is 1.97. The zero-order valence-corrected chi connectivity index (χ0v) is 19.0. The molecule has 0 saturated carbocycles. The SMILES string of the molecule is Cc1ccccc1P(OC(C)(C)C1=N[C@@H](C(C)(C)C)CO1)c1ccccc1C. The molecule has 2 aromatic rings. The van der Waals surface area contributed by atoms with Gasteiger partial charge in [0.25, 0.3) is 0 Å². The van der Waals surface area contributed by atoms with Crippen molar-refractivity contribution in [3.63, 3.8) is 0 Å². The number of benzene rings is 2. The fraction of sp³-hybridized carbons (Fsp3) is 0.458. The molecule has 0 spiro atoms. The summed E-state index contributed by atoms with van der Waals surface area (Å²) >= 11 is 0. The molecule has 3 nitrogen and oxygen atoms in total. The van der Waals surface area contributed by atoms with Crippen molar-refractivity contribution < 1.29 is 9.26 Å². The fourth-order valence-corrected chi connectivity index (χ4v) is 5.45. The molecule has 28 heavy (non-hydrogen) atoms. The molecule has 1 heterocycles. The highest BCUT2D eigenvalue weighted by molar-refractivity contribution is 7.68. The molecule has 0 saturated heterocycles. The molecule has 1 aliphatic heterocycles. The van der Waals surface area contributed by atoms with Gasteiger partial charge in [0.05, 0.1) is 14.2 Å². The van der Waals surface area contributed by atoms with E-state index in [1.54, 1.807) is 0 Å². The van der Waals surface area contributed by atoms with Gasteiger partial charge in [-0.1, -0.05) is 69.3 Å². The van der Waals surface area contributed by atoms with Crippen LogP contribution in [0.15, 0.2) is 53.5 Å². The molecular formula is C24H32NO2P. The summed E-state index contributed by atoms with van der Waals surface area (Å²) in [6.45, 7) is 15.7. The van der Waals surface area contributed by atoms with E-state index in [-0.39, 0.29) is 11.5 Å². The van der Waals surface area contributed by atoms with Gasteiger partial charge in [-0.3, -0.25) is 0 Å². The summed E-state index contributed by atoms with van der Waals surface area (Å²) in [4.78, 5) is 4.90. The number of hydrogen-bond acceptors (Lipinski definition) is 3. The molecule has 2 aromatic carbocycles. The summed E-state index contributed by atoms with van der Waals surface area (Å²) < 4.78 is 12.9. The zero-order valence-electron chi connectivity index (χ0n) is 18.1. The predicted octanol–water partition coefficient (Wildman–Crippen LogP) is 5.29. The van der Waals surface area contributed by atoms with Gasteiger partial charge in [-0.05, 0) is 44.2 Å². The number of nitrogens with zero attached hydrogens (tertiary/aromatic N) is 1. The summed E-state index contributed by atoms with van der Waals surface area (Å²) in [7, 11) is -1.000. The maximum Gasteiger partial charge on any atom is 0.216 e. The van der Waals surface area contributed by atoms with E-state index in [0.29, 0.717) is 12.5 Å². The maximum absolute atomic E-state index is 6.83. The highest BCUT2D eigenvalue weighted by atomic mass is 31.1. The first kappa shape index (κ1) is 21.0. The van der Waals surface area contributed by atoms with E-state index in [2.05, 4.69) is 97.0 Å². The van der Waals surface area contributed by atoms with Crippen molar-refractivity contribution in [1.29, 1.82) is 0 Å². The molecule has 3 rings (SSSR count). The standard InChI is InChI=1S/C24H32NO2P/c1-17-12-8-10-14-19(17)28(20-15-11-9-13-18(20)2)27-24(6,7)22-25-21(16-26-22)23(3,4)5/h8-15,21H,16H2,1-7H3/t21-/m1/s1. The number of aryl methyl sites for hydroxylation is 2. The van der Waals surface area contributed by atoms with Crippen LogP contribution >= 0.6 is 8.15 Å². The second-order valence-corrected chi connectivity index (χ2v) is 10.8. The Morgan fingerprint density at radius 2 is 1.39 bits per heavy atom. The van der Waals surface area contributed by atoms with Gasteiger partial charge < -0.3 is 9.26 Å². The summed E-state index contributed by atoms with van der Waals surface area (Å²) in [6, 6.07) is 17.2. The number of hydrogen-bond donors (Lipinski definition) is 0. The van der Waals surface area contributed by atoms with E-state index < -0.39 is 13.7 Å². The van der Waals surface area contributed by atoms with Crippen LogP contribution in [-0.2, 0) is 9.26 Å². The quantitative estimate of drug-likeness (QED) is 0.642. The van der Waals surface area contributed by atoms with E-state index >= 15 is 0 Å². The smallest absolute Gasteiger partial charge is 0.216 e. The molecular weight excluding hydrogens is 365 g/mol. The van der Waals surface area contributed by atoms with E-state index in [0.717, 1.165) is 0 Å². The largest absolute Gasteiger partial charge is 0.477 e. The van der Waals surface area contributed by atoms with Crippen molar-refractivity contribution in [2.24, 2.45) is 10.4 Å². The number of aliphatic imine (C=N–C) groups is 1. The Hall–Kier alpha value is -1.70. The molecule has 0 N–H and O–H groups in total. The molecule has 0 aliphatic carbocycles. The first-order valence-electron chi connectivity index (χ1n) is 9.91. The molecule has 0 fully saturated rings. The maximum atomic E-state index is 6.83. The monoisotopic (exact) mass is 397 g/mol. The molecule has 1 atom stereocenters. The normalized spacial score (nSPS) is 17.6. The van der Waals surface area contributed by atoms with Crippen molar-refractivity contribution in [3.05, 3.63) is 59.7 Å². The number of rotatable bonds is 5. The molecule has 0 unspecified atom stereocenters. The van der Waals surface area contributed by atoms with Gasteiger partial charge in [0, 0.05) is 10.6 Å². The van der Waals surface area contributed by atoms with Gasteiger partial charge in [0.1, 0.15) is 12.2 Å². The van der Waals surface area contributed by atoms with E-state index in [1.807, 2.05) is 0 Å². The third kappa shape index (κ3) is 4.47. The van der Waals surface area contributed by atoms with Crippen LogP contribution in [0.4, 0.5) is 0 Å². The first-order chi connectivity index (χ1) is 13.1. The Balaban J connectivity index is 1.98. The minimum absolute atomic E-state index is 0.0780. The molecule has 0 bridgehead atoms. The van der Waals surface area contributed by atoms with Crippen molar-refractivity contribution in [2.75, 3.05) is 6.61 Å². The zero-order chi connectivity index (χ0) is 20.5. The topological polar surface area (TPSA) is 30.8 Å². The third-order valence-electron chi connectivity index (χ3n) is 5.15. The van der Waals surface area contributed by atoms with Gasteiger partial charge in [0.2, 0.25) is 5.90 Å². The minimum atomic E-state index is -1.000. The Morgan fingerprint density at radius 3 is 1.82 bits per heavy atom. The average molecular weight is 397 g/mol. The third-order valence-corrected chi connectivity index (χ3v) is 7.67. The van der Waals surface area contributed by atoms with Crippen molar-refractivity contribution in [3.8, 4) is 0 Å². The van der Waals surface area contributed by atoms with E-state index in [1.165, 1.54) is 21.7 Å². The predicted molar refractivity (Wildman–Crippen MR) is 120 cm³/mol. The van der Waals surface area contributed by atoms with Crippen molar-refractivity contribution in [2.45, 2.75) is 60.1 Å². The van der Waals surface area contributed by atoms with E-state index in [4.69, 9.17) is 14.3 Å². The van der Waals surface area contributed by atoms with Crippen LogP contribution in [0.2, 0.25) is 0 Å². The van der Waals surface area contributed by atoms with Crippen LogP contribution in [0.1, 0.15) is 45.7 Å². The lowest BCUT2D eigenvalue weighted by Crippen LogP contribution is -2.36. The van der Waals surface area contributed by atoms with Gasteiger partial charge in [0.15, 0.2) is 0 Å². The Kier molecular flexibility index (Phi) is 5.98. The summed E-state index contributed by atoms with van der Waals surface area (Å²) in [5, 5.41) is 2.48. The van der Waals surface area contributed by atoms with Crippen LogP contribution in [0.25, 0.3) is 0 Å². The van der Waals surface area contributed by atoms with Gasteiger partial charge in [-0.25, -0.2) is 4.99 Å². The lowest BCUT2D eigenvalue weighted by atomic mass is 9.88. The summed E-state index contributed by atoms with van der Waals surface area (Å²) in [6.07, 6.45) is 0. The molecule has 0 amide bonds. The fourth-order valence-electron chi connectivity index (χ4n) is 3.22. The lowest BCUT2D eigenvalue weighted by molar-refractivity contribution is 0.159. The van der Waals surface area contributed by atoms with Crippen molar-refractivity contribution in [1.82, 2.24) is 0 Å². The van der Waals surface area contributed by atoms with Gasteiger partial charge in [-0.15, -0.1) is 0 Å². The van der Waals surface area contributed by atoms with Crippen LogP contribution < -0.4 is 10.6 Å². The molecule has 0 radical (unpaired) electrons. The molecule has 150 valence electrons. The van der Waals surface area contributed by atoms with Gasteiger partial charge >= 0.3 is 0 Å². The van der Waals surface area contributed by atoms with Gasteiger partial charge in [-0.2, -0.15) is 0 Å². The molecule has 0 aromatic heterocycles. The Morgan fingerprint density at radius 1 is 0.893 bits per heavy atom. The van der Waals surface area contributed by atoms with Crippen molar-refractivity contribution >= 4 is 24.7 Å². The molecule has 1 aliphatic rings. The second kappa shape index (κ2) is 7.97.